The van der Waals surface area contributed by atoms with E-state index in [1.165, 1.54) is 0 Å². The summed E-state index contributed by atoms with van der Waals surface area (Å²) in [5, 5.41) is 35.2. The molecule has 0 aliphatic carbocycles. The molecule has 4 N–H and O–H groups in total. The van der Waals surface area contributed by atoms with Crippen molar-refractivity contribution in [2.75, 3.05) is 0 Å². The maximum Gasteiger partial charge on any atom is 0.310 e. The van der Waals surface area contributed by atoms with Crippen molar-refractivity contribution in [1.29, 1.82) is 0 Å². The van der Waals surface area contributed by atoms with E-state index in [0.29, 0.717) is 25.7 Å². The van der Waals surface area contributed by atoms with Gasteiger partial charge in [-0.15, -0.1) is 0 Å². The maximum absolute atomic E-state index is 10.8. The lowest BCUT2D eigenvalue weighted by atomic mass is 9.79. The monoisotopic (exact) mass is 372 g/mol. The Labute approximate surface area is 147 Å². The fourth-order valence-corrected chi connectivity index (χ4v) is 4.61. The molecule has 4 heterocycles. The van der Waals surface area contributed by atoms with Crippen molar-refractivity contribution in [1.82, 2.24) is 0 Å². The minimum absolute atomic E-state index is 0.386. The van der Waals surface area contributed by atoms with Gasteiger partial charge in [-0.3, -0.25) is 19.2 Å². The van der Waals surface area contributed by atoms with Crippen molar-refractivity contribution >= 4 is 23.9 Å². The molecule has 4 rings (SSSR count). The SMILES string of the molecule is O=C(O)C1C2CCC(O2)C1C(=O)O.O=C(O)[C@@H]1C2CCC(O2)[C@@H]1C(=O)O. The molecule has 26 heavy (non-hydrogen) atoms. The lowest BCUT2D eigenvalue weighted by Crippen LogP contribution is -2.38. The summed E-state index contributed by atoms with van der Waals surface area (Å²) in [6, 6.07) is 0. The number of aliphatic carboxylic acids is 4. The number of carboxylic acid groups (broad SMARTS) is 4. The van der Waals surface area contributed by atoms with Crippen molar-refractivity contribution < 1.29 is 49.1 Å². The topological polar surface area (TPSA) is 168 Å². The molecule has 10 heteroatoms. The van der Waals surface area contributed by atoms with Gasteiger partial charge in [-0.2, -0.15) is 0 Å². The van der Waals surface area contributed by atoms with Crippen LogP contribution < -0.4 is 0 Å². The largest absolute Gasteiger partial charge is 0.481 e. The second-order valence-electron chi connectivity index (χ2n) is 7.04. The summed E-state index contributed by atoms with van der Waals surface area (Å²) in [6.45, 7) is 0. The summed E-state index contributed by atoms with van der Waals surface area (Å²) in [6.07, 6.45) is 1.15. The van der Waals surface area contributed by atoms with Gasteiger partial charge in [-0.25, -0.2) is 0 Å². The van der Waals surface area contributed by atoms with E-state index in [4.69, 9.17) is 29.9 Å². The molecule has 0 aromatic heterocycles. The van der Waals surface area contributed by atoms with Crippen LogP contribution in [0.4, 0.5) is 0 Å². The summed E-state index contributed by atoms with van der Waals surface area (Å²) in [5.74, 6) is -7.63. The number of hydrogen-bond acceptors (Lipinski definition) is 6. The normalized spacial score (nSPS) is 42.2. The van der Waals surface area contributed by atoms with Crippen molar-refractivity contribution in [3.63, 3.8) is 0 Å². The molecule has 0 aromatic carbocycles. The highest BCUT2D eigenvalue weighted by Crippen LogP contribution is 2.44. The summed E-state index contributed by atoms with van der Waals surface area (Å²) >= 11 is 0. The molecule has 6 unspecified atom stereocenters. The molecule has 8 atom stereocenters. The average Bonchev–Trinajstić information content (AvgIpc) is 3.32. The Bertz CT molecular complexity index is 525. The highest BCUT2D eigenvalue weighted by Gasteiger charge is 2.56. The number of hydrogen-bond donors (Lipinski definition) is 4. The van der Waals surface area contributed by atoms with Crippen LogP contribution in [-0.4, -0.2) is 68.7 Å². The number of ether oxygens (including phenoxy) is 2. The van der Waals surface area contributed by atoms with Crippen LogP contribution in [0.2, 0.25) is 0 Å². The number of carbonyl (C=O) groups is 4. The van der Waals surface area contributed by atoms with Crippen molar-refractivity contribution in [2.24, 2.45) is 23.7 Å². The van der Waals surface area contributed by atoms with E-state index in [1.54, 1.807) is 0 Å². The standard InChI is InChI=1S/2C8H10O5/c2*9-7(10)5-3-1-2-4(13-3)6(5)8(11)12/h2*3-6H,1-2H2,(H,9,10)(H,11,12)/t3?,4?,5-,6+;. The predicted octanol–water partition coefficient (Wildman–Crippen LogP) is -0.102. The lowest BCUT2D eigenvalue weighted by molar-refractivity contribution is -0.154. The zero-order valence-corrected chi connectivity index (χ0v) is 13.7. The molecule has 0 radical (unpaired) electrons. The van der Waals surface area contributed by atoms with Gasteiger partial charge in [-0.05, 0) is 25.7 Å². The molecular weight excluding hydrogens is 352 g/mol. The Morgan fingerprint density at radius 3 is 0.846 bits per heavy atom. The quantitative estimate of drug-likeness (QED) is 0.523. The van der Waals surface area contributed by atoms with Crippen LogP contribution in [0.1, 0.15) is 25.7 Å². The summed E-state index contributed by atoms with van der Waals surface area (Å²) in [5.41, 5.74) is 0. The summed E-state index contributed by atoms with van der Waals surface area (Å²) in [7, 11) is 0. The van der Waals surface area contributed by atoms with Gasteiger partial charge >= 0.3 is 23.9 Å². The van der Waals surface area contributed by atoms with Crippen LogP contribution >= 0.6 is 0 Å². The zero-order valence-electron chi connectivity index (χ0n) is 13.7. The molecule has 10 nitrogen and oxygen atoms in total. The van der Waals surface area contributed by atoms with Crippen molar-refractivity contribution in [3.05, 3.63) is 0 Å². The maximum atomic E-state index is 10.8. The van der Waals surface area contributed by atoms with Gasteiger partial charge in [0.15, 0.2) is 0 Å². The van der Waals surface area contributed by atoms with Gasteiger partial charge in [0.05, 0.1) is 48.1 Å². The van der Waals surface area contributed by atoms with Gasteiger partial charge in [-0.1, -0.05) is 0 Å². The first kappa shape index (κ1) is 18.6. The highest BCUT2D eigenvalue weighted by molar-refractivity contribution is 5.82. The summed E-state index contributed by atoms with van der Waals surface area (Å²) < 4.78 is 10.5. The summed E-state index contributed by atoms with van der Waals surface area (Å²) in [4.78, 5) is 43.1. The van der Waals surface area contributed by atoms with Crippen molar-refractivity contribution in [3.8, 4) is 0 Å². The Hall–Kier alpha value is -2.20. The minimum Gasteiger partial charge on any atom is -0.481 e. The number of fused-ring (bicyclic) bond motifs is 4. The first-order chi connectivity index (χ1) is 12.2. The predicted molar refractivity (Wildman–Crippen MR) is 80.3 cm³/mol. The molecule has 4 saturated heterocycles. The second kappa shape index (κ2) is 6.84. The van der Waals surface area contributed by atoms with E-state index in [2.05, 4.69) is 0 Å². The molecular formula is C16H20O10. The van der Waals surface area contributed by atoms with Crippen LogP contribution in [-0.2, 0) is 28.7 Å². The van der Waals surface area contributed by atoms with Crippen LogP contribution in [0.5, 0.6) is 0 Å². The van der Waals surface area contributed by atoms with Gasteiger partial charge in [0.25, 0.3) is 0 Å². The van der Waals surface area contributed by atoms with E-state index >= 15 is 0 Å². The Kier molecular flexibility index (Phi) is 4.89. The average molecular weight is 372 g/mol. The highest BCUT2D eigenvalue weighted by atomic mass is 16.5. The van der Waals surface area contributed by atoms with Crippen LogP contribution in [0, 0.1) is 23.7 Å². The molecule has 144 valence electrons. The van der Waals surface area contributed by atoms with Crippen LogP contribution in [0.3, 0.4) is 0 Å². The van der Waals surface area contributed by atoms with E-state index in [-0.39, 0.29) is 24.4 Å². The van der Waals surface area contributed by atoms with Gasteiger partial charge in [0, 0.05) is 0 Å². The molecule has 4 fully saturated rings. The van der Waals surface area contributed by atoms with Crippen LogP contribution in [0.15, 0.2) is 0 Å². The third-order valence-corrected chi connectivity index (χ3v) is 5.69. The molecule has 4 bridgehead atoms. The van der Waals surface area contributed by atoms with Gasteiger partial charge < -0.3 is 29.9 Å². The number of carboxylic acids is 4. The Morgan fingerprint density at radius 1 is 0.500 bits per heavy atom. The van der Waals surface area contributed by atoms with E-state index in [1.807, 2.05) is 0 Å². The van der Waals surface area contributed by atoms with Gasteiger partial charge in [0.2, 0.25) is 0 Å². The Morgan fingerprint density at radius 2 is 0.692 bits per heavy atom. The molecule has 4 aliphatic rings. The van der Waals surface area contributed by atoms with E-state index in [0.717, 1.165) is 0 Å². The first-order valence-corrected chi connectivity index (χ1v) is 8.44. The minimum atomic E-state index is -1.06. The first-order valence-electron chi connectivity index (χ1n) is 8.44. The number of rotatable bonds is 4. The van der Waals surface area contributed by atoms with Crippen molar-refractivity contribution in [2.45, 2.75) is 50.1 Å². The molecule has 0 spiro atoms. The third kappa shape index (κ3) is 3.03. The molecule has 0 amide bonds. The Balaban J connectivity index is 0.000000151. The lowest BCUT2D eigenvalue weighted by Gasteiger charge is -2.20. The van der Waals surface area contributed by atoms with E-state index in [9.17, 15) is 19.2 Å². The van der Waals surface area contributed by atoms with Gasteiger partial charge in [0.1, 0.15) is 0 Å². The van der Waals surface area contributed by atoms with E-state index < -0.39 is 47.5 Å². The smallest absolute Gasteiger partial charge is 0.310 e. The fourth-order valence-electron chi connectivity index (χ4n) is 4.61. The molecule has 0 aromatic rings. The fraction of sp³-hybridized carbons (Fsp3) is 0.750. The molecule has 4 aliphatic heterocycles. The zero-order chi connectivity index (χ0) is 19.2. The molecule has 0 saturated carbocycles. The third-order valence-electron chi connectivity index (χ3n) is 5.69. The second-order valence-corrected chi connectivity index (χ2v) is 7.04. The van der Waals surface area contributed by atoms with Crippen LogP contribution in [0.25, 0.3) is 0 Å².